The molecule has 0 radical (unpaired) electrons. The average molecular weight is 180 g/mol. The minimum Gasteiger partial charge on any atom is -0.267 e. The van der Waals surface area contributed by atoms with Crippen LogP contribution >= 0.6 is 0 Å². The summed E-state index contributed by atoms with van der Waals surface area (Å²) in [6.45, 7) is 0. The lowest BCUT2D eigenvalue weighted by Crippen LogP contribution is -2.25. The summed E-state index contributed by atoms with van der Waals surface area (Å²) in [5, 5.41) is 0. The van der Waals surface area contributed by atoms with E-state index in [1.54, 1.807) is 7.05 Å². The highest BCUT2D eigenvalue weighted by Gasteiger charge is 2.07. The van der Waals surface area contributed by atoms with Gasteiger partial charge in [-0.2, -0.15) is 4.52 Å². The van der Waals surface area contributed by atoms with Crippen LogP contribution in [0.5, 0.6) is 0 Å². The third kappa shape index (κ3) is 0.851. The van der Waals surface area contributed by atoms with Crippen LogP contribution in [0.1, 0.15) is 0 Å². The van der Waals surface area contributed by atoms with Gasteiger partial charge in [-0.25, -0.2) is 14.5 Å². The van der Waals surface area contributed by atoms with E-state index in [2.05, 4.69) is 4.98 Å². The van der Waals surface area contributed by atoms with Gasteiger partial charge in [-0.1, -0.05) is 0 Å². The molecule has 0 aliphatic carbocycles. The first-order valence-electron chi connectivity index (χ1n) is 3.72. The SMILES string of the molecule is Cn1c(=O)n(C)n2c(=O)ccnc12. The number of hydrogen-bond donors (Lipinski definition) is 0. The Kier molecular flexibility index (Phi) is 1.39. The average Bonchev–Trinajstić information content (AvgIpc) is 2.33. The van der Waals surface area contributed by atoms with Gasteiger partial charge in [0.25, 0.3) is 5.56 Å². The van der Waals surface area contributed by atoms with Crippen LogP contribution in [-0.2, 0) is 14.1 Å². The number of fused-ring (bicyclic) bond motifs is 1. The van der Waals surface area contributed by atoms with Crippen LogP contribution in [-0.4, -0.2) is 18.7 Å². The lowest BCUT2D eigenvalue weighted by Gasteiger charge is -1.93. The van der Waals surface area contributed by atoms with Crippen molar-refractivity contribution in [1.29, 1.82) is 0 Å². The summed E-state index contributed by atoms with van der Waals surface area (Å²) in [7, 11) is 3.10. The summed E-state index contributed by atoms with van der Waals surface area (Å²) < 4.78 is 3.77. The van der Waals surface area contributed by atoms with Gasteiger partial charge in [0, 0.05) is 26.4 Å². The third-order valence-electron chi connectivity index (χ3n) is 1.97. The number of aryl methyl sites for hydroxylation is 2. The van der Waals surface area contributed by atoms with Crippen molar-refractivity contribution >= 4 is 5.78 Å². The van der Waals surface area contributed by atoms with E-state index >= 15 is 0 Å². The van der Waals surface area contributed by atoms with Crippen LogP contribution in [0.3, 0.4) is 0 Å². The summed E-state index contributed by atoms with van der Waals surface area (Å²) in [5.41, 5.74) is -0.527. The molecule has 2 rings (SSSR count). The fourth-order valence-electron chi connectivity index (χ4n) is 1.29. The van der Waals surface area contributed by atoms with Gasteiger partial charge in [0.2, 0.25) is 5.78 Å². The molecule has 2 heterocycles. The first-order valence-corrected chi connectivity index (χ1v) is 3.72. The molecular formula is C7H8N4O2. The van der Waals surface area contributed by atoms with Gasteiger partial charge in [-0.3, -0.25) is 9.36 Å². The molecule has 0 unspecified atom stereocenters. The Morgan fingerprint density at radius 1 is 1.31 bits per heavy atom. The van der Waals surface area contributed by atoms with Crippen molar-refractivity contribution < 1.29 is 0 Å². The van der Waals surface area contributed by atoms with E-state index in [9.17, 15) is 9.59 Å². The number of hydrogen-bond acceptors (Lipinski definition) is 3. The molecule has 0 spiro atoms. The lowest BCUT2D eigenvalue weighted by atomic mass is 10.7. The van der Waals surface area contributed by atoms with Crippen LogP contribution in [0, 0.1) is 0 Å². The molecule has 0 aliphatic heterocycles. The molecule has 0 bridgehead atoms. The Bertz CT molecular complexity index is 574. The highest BCUT2D eigenvalue weighted by Crippen LogP contribution is 1.88. The molecule has 2 aromatic rings. The number of aromatic nitrogens is 4. The van der Waals surface area contributed by atoms with Crippen molar-refractivity contribution in [2.24, 2.45) is 14.1 Å². The van der Waals surface area contributed by atoms with Crippen LogP contribution in [0.2, 0.25) is 0 Å². The van der Waals surface area contributed by atoms with Crippen LogP contribution in [0.15, 0.2) is 21.9 Å². The second-order valence-corrected chi connectivity index (χ2v) is 2.76. The monoisotopic (exact) mass is 180 g/mol. The van der Waals surface area contributed by atoms with E-state index in [0.717, 1.165) is 0 Å². The Labute approximate surface area is 72.6 Å². The van der Waals surface area contributed by atoms with Gasteiger partial charge in [0.1, 0.15) is 0 Å². The van der Waals surface area contributed by atoms with Gasteiger partial charge < -0.3 is 0 Å². The first-order chi connectivity index (χ1) is 6.13. The molecule has 0 N–H and O–H groups in total. The standard InChI is InChI=1S/C7H8N4O2/c1-9-6-8-4-3-5(12)11(6)10(2)7(9)13/h3-4H,1-2H3. The second kappa shape index (κ2) is 2.32. The van der Waals surface area contributed by atoms with Gasteiger partial charge >= 0.3 is 5.69 Å². The van der Waals surface area contributed by atoms with Crippen molar-refractivity contribution in [2.45, 2.75) is 0 Å². The maximum Gasteiger partial charge on any atom is 0.345 e. The Morgan fingerprint density at radius 3 is 2.62 bits per heavy atom. The highest BCUT2D eigenvalue weighted by atomic mass is 16.2. The van der Waals surface area contributed by atoms with E-state index in [-0.39, 0.29) is 11.2 Å². The quantitative estimate of drug-likeness (QED) is 0.508. The largest absolute Gasteiger partial charge is 0.345 e. The predicted molar refractivity (Wildman–Crippen MR) is 45.7 cm³/mol. The zero-order valence-corrected chi connectivity index (χ0v) is 7.26. The zero-order chi connectivity index (χ0) is 9.59. The van der Waals surface area contributed by atoms with Crippen LogP contribution in [0.25, 0.3) is 5.78 Å². The summed E-state index contributed by atoms with van der Waals surface area (Å²) in [6, 6.07) is 1.31. The third-order valence-corrected chi connectivity index (χ3v) is 1.97. The van der Waals surface area contributed by atoms with Crippen molar-refractivity contribution in [2.75, 3.05) is 0 Å². The van der Waals surface area contributed by atoms with Crippen molar-refractivity contribution in [1.82, 2.24) is 18.7 Å². The molecular weight excluding hydrogens is 172 g/mol. The Hall–Kier alpha value is -1.85. The fourth-order valence-corrected chi connectivity index (χ4v) is 1.29. The number of rotatable bonds is 0. The maximum absolute atomic E-state index is 11.4. The van der Waals surface area contributed by atoms with E-state index in [4.69, 9.17) is 0 Å². The Balaban J connectivity index is 3.22. The number of nitrogens with zero attached hydrogens (tertiary/aromatic N) is 4. The van der Waals surface area contributed by atoms with Crippen LogP contribution < -0.4 is 11.2 Å². The molecule has 68 valence electrons. The molecule has 0 fully saturated rings. The minimum atomic E-state index is -0.268. The second-order valence-electron chi connectivity index (χ2n) is 2.76. The fraction of sp³-hybridized carbons (Fsp3) is 0.286. The molecule has 0 atom stereocenters. The molecule has 0 aliphatic rings. The molecule has 2 aromatic heterocycles. The summed E-state index contributed by atoms with van der Waals surface area (Å²) >= 11 is 0. The van der Waals surface area contributed by atoms with E-state index in [1.807, 2.05) is 0 Å². The van der Waals surface area contributed by atoms with Crippen molar-refractivity contribution in [3.8, 4) is 0 Å². The predicted octanol–water partition coefficient (Wildman–Crippen LogP) is -1.27. The maximum atomic E-state index is 11.4. The van der Waals surface area contributed by atoms with Gasteiger partial charge in [0.05, 0.1) is 0 Å². The van der Waals surface area contributed by atoms with Crippen molar-refractivity contribution in [3.63, 3.8) is 0 Å². The normalized spacial score (nSPS) is 10.9. The lowest BCUT2D eigenvalue weighted by molar-refractivity contribution is 0.649. The molecule has 0 amide bonds. The van der Waals surface area contributed by atoms with E-state index < -0.39 is 0 Å². The van der Waals surface area contributed by atoms with E-state index in [0.29, 0.717) is 5.78 Å². The smallest absolute Gasteiger partial charge is 0.267 e. The summed E-state index contributed by atoms with van der Waals surface area (Å²) in [5.74, 6) is 0.347. The molecule has 13 heavy (non-hydrogen) atoms. The Morgan fingerprint density at radius 2 is 2.00 bits per heavy atom. The molecule has 6 heteroatoms. The first kappa shape index (κ1) is 7.78. The van der Waals surface area contributed by atoms with E-state index in [1.165, 1.54) is 33.1 Å². The topological polar surface area (TPSA) is 61.3 Å². The van der Waals surface area contributed by atoms with Gasteiger partial charge in [0.15, 0.2) is 0 Å². The van der Waals surface area contributed by atoms with Crippen molar-refractivity contribution in [3.05, 3.63) is 33.1 Å². The van der Waals surface area contributed by atoms with Gasteiger partial charge in [-0.15, -0.1) is 0 Å². The minimum absolute atomic E-state index is 0.259. The molecule has 0 saturated heterocycles. The summed E-state index contributed by atoms with van der Waals surface area (Å²) in [4.78, 5) is 26.6. The zero-order valence-electron chi connectivity index (χ0n) is 7.26. The molecule has 0 aromatic carbocycles. The summed E-state index contributed by atoms with van der Waals surface area (Å²) in [6.07, 6.45) is 1.39. The highest BCUT2D eigenvalue weighted by molar-refractivity contribution is 5.25. The molecule has 6 nitrogen and oxygen atoms in total. The van der Waals surface area contributed by atoms with Gasteiger partial charge in [-0.05, 0) is 0 Å². The van der Waals surface area contributed by atoms with Crippen LogP contribution in [0.4, 0.5) is 0 Å². The molecule has 0 saturated carbocycles.